The van der Waals surface area contributed by atoms with Gasteiger partial charge in [0.05, 0.1) is 0 Å². The molecule has 0 amide bonds. The molecule has 2 rings (SSSR count). The second-order valence-electron chi connectivity index (χ2n) is 5.25. The highest BCUT2D eigenvalue weighted by Gasteiger charge is 2.01. The van der Waals surface area contributed by atoms with E-state index in [-0.39, 0.29) is 0 Å². The standard InChI is InChI=1S/C18H24N2O/c1-19-14-17-9-6-10-18(13-17)21-12-11-20(2)15-16-7-4-3-5-8-16/h3-10,13,19H,11-12,14-15H2,1-2H3. The maximum atomic E-state index is 5.83. The van der Waals surface area contributed by atoms with Gasteiger partial charge in [-0.3, -0.25) is 4.90 Å². The molecular formula is C18H24N2O. The van der Waals surface area contributed by atoms with Crippen molar-refractivity contribution in [1.29, 1.82) is 0 Å². The summed E-state index contributed by atoms with van der Waals surface area (Å²) in [5, 5.41) is 3.15. The number of benzene rings is 2. The minimum absolute atomic E-state index is 0.701. The first kappa shape index (κ1) is 15.5. The topological polar surface area (TPSA) is 24.5 Å². The minimum Gasteiger partial charge on any atom is -0.492 e. The highest BCUT2D eigenvalue weighted by atomic mass is 16.5. The lowest BCUT2D eigenvalue weighted by Crippen LogP contribution is -2.23. The smallest absolute Gasteiger partial charge is 0.119 e. The Labute approximate surface area is 127 Å². The average Bonchev–Trinajstić information content (AvgIpc) is 2.49. The number of hydrogen-bond acceptors (Lipinski definition) is 3. The van der Waals surface area contributed by atoms with Gasteiger partial charge in [-0.15, -0.1) is 0 Å². The van der Waals surface area contributed by atoms with Crippen LogP contribution in [-0.4, -0.2) is 32.1 Å². The summed E-state index contributed by atoms with van der Waals surface area (Å²) in [5.74, 6) is 0.941. The van der Waals surface area contributed by atoms with E-state index in [1.165, 1.54) is 11.1 Å². The van der Waals surface area contributed by atoms with Gasteiger partial charge in [0, 0.05) is 19.6 Å². The number of hydrogen-bond donors (Lipinski definition) is 1. The molecule has 0 aliphatic carbocycles. The van der Waals surface area contributed by atoms with Gasteiger partial charge in [0.1, 0.15) is 12.4 Å². The third-order valence-corrected chi connectivity index (χ3v) is 3.32. The number of rotatable bonds is 8. The van der Waals surface area contributed by atoms with Crippen LogP contribution in [0.3, 0.4) is 0 Å². The molecule has 0 aromatic heterocycles. The zero-order chi connectivity index (χ0) is 14.9. The summed E-state index contributed by atoms with van der Waals surface area (Å²) in [6, 6.07) is 18.7. The van der Waals surface area contributed by atoms with Crippen molar-refractivity contribution in [3.05, 3.63) is 65.7 Å². The minimum atomic E-state index is 0.701. The zero-order valence-electron chi connectivity index (χ0n) is 12.9. The van der Waals surface area contributed by atoms with E-state index in [0.29, 0.717) is 6.61 Å². The summed E-state index contributed by atoms with van der Waals surface area (Å²) in [6.45, 7) is 3.42. The molecule has 21 heavy (non-hydrogen) atoms. The normalized spacial score (nSPS) is 10.8. The molecule has 2 aromatic carbocycles. The Bertz CT molecular complexity index is 528. The molecule has 2 aromatic rings. The van der Waals surface area contributed by atoms with Gasteiger partial charge in [-0.25, -0.2) is 0 Å². The largest absolute Gasteiger partial charge is 0.492 e. The SMILES string of the molecule is CNCc1cccc(OCCN(C)Cc2ccccc2)c1. The summed E-state index contributed by atoms with van der Waals surface area (Å²) in [4.78, 5) is 2.27. The third kappa shape index (κ3) is 5.58. The van der Waals surface area contributed by atoms with Crippen molar-refractivity contribution >= 4 is 0 Å². The second kappa shape index (κ2) is 8.45. The van der Waals surface area contributed by atoms with Gasteiger partial charge in [-0.1, -0.05) is 42.5 Å². The van der Waals surface area contributed by atoms with Crippen LogP contribution in [-0.2, 0) is 13.1 Å². The lowest BCUT2D eigenvalue weighted by atomic mass is 10.2. The van der Waals surface area contributed by atoms with Gasteiger partial charge >= 0.3 is 0 Å². The van der Waals surface area contributed by atoms with E-state index in [0.717, 1.165) is 25.4 Å². The van der Waals surface area contributed by atoms with Crippen LogP contribution in [0.25, 0.3) is 0 Å². The fourth-order valence-electron chi connectivity index (χ4n) is 2.24. The molecule has 0 atom stereocenters. The quantitative estimate of drug-likeness (QED) is 0.806. The summed E-state index contributed by atoms with van der Waals surface area (Å²) in [6.07, 6.45) is 0. The first-order valence-electron chi connectivity index (χ1n) is 7.37. The fraction of sp³-hybridized carbons (Fsp3) is 0.333. The van der Waals surface area contributed by atoms with E-state index in [1.807, 2.05) is 25.2 Å². The van der Waals surface area contributed by atoms with Crippen LogP contribution >= 0.6 is 0 Å². The predicted octanol–water partition coefficient (Wildman–Crippen LogP) is 2.92. The molecule has 0 fully saturated rings. The first-order valence-corrected chi connectivity index (χ1v) is 7.37. The molecule has 0 bridgehead atoms. The average molecular weight is 284 g/mol. The van der Waals surface area contributed by atoms with E-state index in [1.54, 1.807) is 0 Å². The van der Waals surface area contributed by atoms with Crippen molar-refractivity contribution < 1.29 is 4.74 Å². The molecule has 0 saturated carbocycles. The van der Waals surface area contributed by atoms with Crippen molar-refractivity contribution in [2.45, 2.75) is 13.1 Å². The van der Waals surface area contributed by atoms with Crippen LogP contribution in [0.5, 0.6) is 5.75 Å². The Kier molecular flexibility index (Phi) is 6.25. The van der Waals surface area contributed by atoms with Crippen molar-refractivity contribution in [2.75, 3.05) is 27.2 Å². The second-order valence-corrected chi connectivity index (χ2v) is 5.25. The van der Waals surface area contributed by atoms with E-state index in [4.69, 9.17) is 4.74 Å². The summed E-state index contributed by atoms with van der Waals surface area (Å²) in [7, 11) is 4.07. The molecule has 3 heteroatoms. The molecule has 1 N–H and O–H groups in total. The van der Waals surface area contributed by atoms with Crippen molar-refractivity contribution in [3.8, 4) is 5.75 Å². The molecule has 0 heterocycles. The van der Waals surface area contributed by atoms with Gasteiger partial charge < -0.3 is 10.1 Å². The van der Waals surface area contributed by atoms with Crippen molar-refractivity contribution in [1.82, 2.24) is 10.2 Å². The molecule has 0 spiro atoms. The van der Waals surface area contributed by atoms with Gasteiger partial charge in [-0.2, -0.15) is 0 Å². The number of nitrogens with one attached hydrogen (secondary N) is 1. The highest BCUT2D eigenvalue weighted by molar-refractivity contribution is 5.28. The molecule has 112 valence electrons. The Morgan fingerprint density at radius 3 is 2.52 bits per heavy atom. The maximum absolute atomic E-state index is 5.83. The van der Waals surface area contributed by atoms with E-state index >= 15 is 0 Å². The van der Waals surface area contributed by atoms with Crippen molar-refractivity contribution in [3.63, 3.8) is 0 Å². The molecular weight excluding hydrogens is 260 g/mol. The van der Waals surface area contributed by atoms with Gasteiger partial charge in [0.25, 0.3) is 0 Å². The zero-order valence-corrected chi connectivity index (χ0v) is 12.9. The van der Waals surface area contributed by atoms with Gasteiger partial charge in [-0.05, 0) is 37.4 Å². The molecule has 0 saturated heterocycles. The van der Waals surface area contributed by atoms with Crippen LogP contribution in [0.15, 0.2) is 54.6 Å². The number of likely N-dealkylation sites (N-methyl/N-ethyl adjacent to an activating group) is 1. The highest BCUT2D eigenvalue weighted by Crippen LogP contribution is 2.13. The van der Waals surface area contributed by atoms with Crippen LogP contribution in [0.2, 0.25) is 0 Å². The summed E-state index contributed by atoms with van der Waals surface area (Å²) in [5.41, 5.74) is 2.57. The Hall–Kier alpha value is -1.84. The monoisotopic (exact) mass is 284 g/mol. The molecule has 0 aliphatic rings. The summed E-state index contributed by atoms with van der Waals surface area (Å²) < 4.78 is 5.83. The van der Waals surface area contributed by atoms with E-state index in [9.17, 15) is 0 Å². The molecule has 0 unspecified atom stereocenters. The molecule has 0 aliphatic heterocycles. The molecule has 3 nitrogen and oxygen atoms in total. The Morgan fingerprint density at radius 1 is 1.00 bits per heavy atom. The Balaban J connectivity index is 1.74. The van der Waals surface area contributed by atoms with Crippen LogP contribution in [0, 0.1) is 0 Å². The third-order valence-electron chi connectivity index (χ3n) is 3.32. The lowest BCUT2D eigenvalue weighted by Gasteiger charge is -2.17. The van der Waals surface area contributed by atoms with Crippen molar-refractivity contribution in [2.24, 2.45) is 0 Å². The Morgan fingerprint density at radius 2 is 1.76 bits per heavy atom. The maximum Gasteiger partial charge on any atom is 0.119 e. The predicted molar refractivity (Wildman–Crippen MR) is 87.5 cm³/mol. The van der Waals surface area contributed by atoms with Crippen LogP contribution in [0.4, 0.5) is 0 Å². The van der Waals surface area contributed by atoms with Gasteiger partial charge in [0.15, 0.2) is 0 Å². The fourth-order valence-corrected chi connectivity index (χ4v) is 2.24. The molecule has 0 radical (unpaired) electrons. The number of ether oxygens (including phenoxy) is 1. The first-order chi connectivity index (χ1) is 10.3. The van der Waals surface area contributed by atoms with Crippen LogP contribution in [0.1, 0.15) is 11.1 Å². The van der Waals surface area contributed by atoms with Gasteiger partial charge in [0.2, 0.25) is 0 Å². The van der Waals surface area contributed by atoms with Crippen LogP contribution < -0.4 is 10.1 Å². The number of nitrogens with zero attached hydrogens (tertiary/aromatic N) is 1. The lowest BCUT2D eigenvalue weighted by molar-refractivity contribution is 0.232. The summed E-state index contributed by atoms with van der Waals surface area (Å²) >= 11 is 0. The van der Waals surface area contributed by atoms with E-state index < -0.39 is 0 Å². The van der Waals surface area contributed by atoms with E-state index in [2.05, 4.69) is 53.7 Å².